The number of amides is 1. The number of nitrogens with zero attached hydrogens (tertiary/aromatic N) is 3. The number of aromatic nitrogens is 3. The monoisotopic (exact) mass is 495 g/mol. The molecule has 2 heterocycles. The molecule has 4 rings (SSSR count). The van der Waals surface area contributed by atoms with Crippen LogP contribution in [-0.2, 0) is 15.1 Å². The van der Waals surface area contributed by atoms with Crippen LogP contribution in [0.4, 0.5) is 11.6 Å². The zero-order valence-corrected chi connectivity index (χ0v) is 21.0. The molecule has 0 aliphatic heterocycles. The van der Waals surface area contributed by atoms with Crippen molar-refractivity contribution in [1.29, 1.82) is 0 Å². The molecule has 4 N–H and O–H groups in total. The summed E-state index contributed by atoms with van der Waals surface area (Å²) < 4.78 is 4.97. The SMILES string of the molecule is COC(=O)[C@H]1CC[C@](O)(c2ncc(-c3cc(C)cc(Nc4nccc(C(N)=O)n4)c3)s2)CC1(C)C. The summed E-state index contributed by atoms with van der Waals surface area (Å²) in [4.78, 5) is 37.4. The Morgan fingerprint density at radius 3 is 2.71 bits per heavy atom. The Hall–Kier alpha value is -3.37. The van der Waals surface area contributed by atoms with Gasteiger partial charge in [0.05, 0.1) is 17.9 Å². The number of aliphatic hydroxyl groups is 1. The molecule has 0 radical (unpaired) electrons. The van der Waals surface area contributed by atoms with Crippen LogP contribution in [0.3, 0.4) is 0 Å². The number of benzene rings is 1. The molecule has 1 aliphatic carbocycles. The Morgan fingerprint density at radius 2 is 2.03 bits per heavy atom. The van der Waals surface area contributed by atoms with Gasteiger partial charge in [-0.2, -0.15) is 0 Å². The van der Waals surface area contributed by atoms with Crippen molar-refractivity contribution in [2.75, 3.05) is 12.4 Å². The van der Waals surface area contributed by atoms with E-state index in [0.717, 1.165) is 21.7 Å². The van der Waals surface area contributed by atoms with E-state index in [1.807, 2.05) is 39.0 Å². The maximum atomic E-state index is 12.2. The normalized spacial score (nSPS) is 21.3. The second kappa shape index (κ2) is 9.35. The van der Waals surface area contributed by atoms with Crippen molar-refractivity contribution < 1.29 is 19.4 Å². The van der Waals surface area contributed by atoms with Gasteiger partial charge in [0, 0.05) is 18.1 Å². The summed E-state index contributed by atoms with van der Waals surface area (Å²) in [5, 5.41) is 15.3. The van der Waals surface area contributed by atoms with Gasteiger partial charge in [0.2, 0.25) is 5.95 Å². The van der Waals surface area contributed by atoms with Crippen LogP contribution in [0.5, 0.6) is 0 Å². The van der Waals surface area contributed by atoms with Gasteiger partial charge >= 0.3 is 5.97 Å². The number of esters is 1. The van der Waals surface area contributed by atoms with Crippen LogP contribution in [0.15, 0.2) is 36.7 Å². The number of hydrogen-bond donors (Lipinski definition) is 3. The third-order valence-electron chi connectivity index (χ3n) is 6.45. The third kappa shape index (κ3) is 5.18. The zero-order chi connectivity index (χ0) is 25.4. The highest BCUT2D eigenvalue weighted by atomic mass is 32.1. The predicted molar refractivity (Wildman–Crippen MR) is 133 cm³/mol. The number of carbonyl (C=O) groups is 2. The van der Waals surface area contributed by atoms with Crippen LogP contribution in [0.2, 0.25) is 0 Å². The highest BCUT2D eigenvalue weighted by Gasteiger charge is 2.49. The van der Waals surface area contributed by atoms with E-state index in [1.54, 1.807) is 6.20 Å². The number of aryl methyl sites for hydroxylation is 1. The van der Waals surface area contributed by atoms with E-state index in [0.29, 0.717) is 24.3 Å². The number of nitrogens with two attached hydrogens (primary N) is 1. The Balaban J connectivity index is 1.58. The molecule has 0 bridgehead atoms. The molecule has 10 heteroatoms. The molecule has 2 aromatic heterocycles. The highest BCUT2D eigenvalue weighted by Crippen LogP contribution is 2.51. The van der Waals surface area contributed by atoms with Gasteiger partial charge in [0.25, 0.3) is 5.91 Å². The van der Waals surface area contributed by atoms with E-state index in [-0.39, 0.29) is 23.5 Å². The van der Waals surface area contributed by atoms with Crippen molar-refractivity contribution in [2.45, 2.75) is 45.6 Å². The summed E-state index contributed by atoms with van der Waals surface area (Å²) in [6, 6.07) is 7.37. The van der Waals surface area contributed by atoms with Crippen molar-refractivity contribution in [3.8, 4) is 10.4 Å². The molecule has 9 nitrogen and oxygen atoms in total. The third-order valence-corrected chi connectivity index (χ3v) is 7.69. The quantitative estimate of drug-likeness (QED) is 0.437. The Kier molecular flexibility index (Phi) is 6.61. The van der Waals surface area contributed by atoms with Gasteiger partial charge in [-0.3, -0.25) is 9.59 Å². The van der Waals surface area contributed by atoms with E-state index in [9.17, 15) is 14.7 Å². The molecule has 2 atom stereocenters. The highest BCUT2D eigenvalue weighted by molar-refractivity contribution is 7.15. The minimum Gasteiger partial charge on any atom is -0.469 e. The maximum absolute atomic E-state index is 12.2. The van der Waals surface area contributed by atoms with Crippen LogP contribution in [-0.4, -0.2) is 39.0 Å². The number of hydrogen-bond acceptors (Lipinski definition) is 9. The summed E-state index contributed by atoms with van der Waals surface area (Å²) >= 11 is 1.44. The lowest BCUT2D eigenvalue weighted by Gasteiger charge is -2.44. The van der Waals surface area contributed by atoms with Gasteiger partial charge in [0.15, 0.2) is 0 Å². The van der Waals surface area contributed by atoms with E-state index >= 15 is 0 Å². The van der Waals surface area contributed by atoms with E-state index in [1.165, 1.54) is 30.7 Å². The number of ether oxygens (including phenoxy) is 1. The number of thiazole rings is 1. The van der Waals surface area contributed by atoms with Crippen molar-refractivity contribution in [1.82, 2.24) is 15.0 Å². The Bertz CT molecular complexity index is 1270. The predicted octanol–water partition coefficient (Wildman–Crippen LogP) is 3.94. The van der Waals surface area contributed by atoms with Crippen molar-refractivity contribution >= 4 is 34.8 Å². The molecule has 1 amide bonds. The Morgan fingerprint density at radius 1 is 1.26 bits per heavy atom. The van der Waals surface area contributed by atoms with Crippen LogP contribution in [0.25, 0.3) is 10.4 Å². The van der Waals surface area contributed by atoms with Gasteiger partial charge in [-0.1, -0.05) is 19.9 Å². The number of nitrogens with one attached hydrogen (secondary N) is 1. The molecule has 184 valence electrons. The minimum atomic E-state index is -1.11. The zero-order valence-electron chi connectivity index (χ0n) is 20.2. The topological polar surface area (TPSA) is 140 Å². The smallest absolute Gasteiger partial charge is 0.309 e. The minimum absolute atomic E-state index is 0.126. The number of rotatable bonds is 6. The Labute approximate surface area is 207 Å². The van der Waals surface area contributed by atoms with Crippen molar-refractivity contribution in [2.24, 2.45) is 17.1 Å². The van der Waals surface area contributed by atoms with Gasteiger partial charge in [-0.05, 0) is 60.9 Å². The van der Waals surface area contributed by atoms with Crippen LogP contribution in [0, 0.1) is 18.3 Å². The largest absolute Gasteiger partial charge is 0.469 e. The maximum Gasteiger partial charge on any atom is 0.309 e. The molecule has 1 aromatic carbocycles. The number of anilines is 2. The molecule has 3 aromatic rings. The fourth-order valence-electron chi connectivity index (χ4n) is 4.81. The molecule has 0 saturated heterocycles. The molecule has 1 fully saturated rings. The average Bonchev–Trinajstić information content (AvgIpc) is 3.29. The van der Waals surface area contributed by atoms with E-state index < -0.39 is 16.9 Å². The molecule has 0 spiro atoms. The van der Waals surface area contributed by atoms with Gasteiger partial charge in [-0.15, -0.1) is 11.3 Å². The summed E-state index contributed by atoms with van der Waals surface area (Å²) in [5.74, 6) is -0.851. The summed E-state index contributed by atoms with van der Waals surface area (Å²) in [6.45, 7) is 5.95. The second-order valence-electron chi connectivity index (χ2n) is 9.68. The summed E-state index contributed by atoms with van der Waals surface area (Å²) in [5.41, 5.74) is 6.58. The first-order valence-corrected chi connectivity index (χ1v) is 12.1. The second-order valence-corrected chi connectivity index (χ2v) is 10.7. The lowest BCUT2D eigenvalue weighted by Crippen LogP contribution is -2.45. The summed E-state index contributed by atoms with van der Waals surface area (Å²) in [7, 11) is 1.40. The molecule has 0 unspecified atom stereocenters. The molecule has 1 saturated carbocycles. The fraction of sp³-hybridized carbons (Fsp3) is 0.400. The van der Waals surface area contributed by atoms with Gasteiger partial charge < -0.3 is 20.9 Å². The lowest BCUT2D eigenvalue weighted by molar-refractivity contribution is -0.157. The van der Waals surface area contributed by atoms with Crippen molar-refractivity contribution in [3.63, 3.8) is 0 Å². The lowest BCUT2D eigenvalue weighted by atomic mass is 9.63. The first-order chi connectivity index (χ1) is 16.5. The van der Waals surface area contributed by atoms with E-state index in [2.05, 4.69) is 20.3 Å². The first kappa shape index (κ1) is 24.7. The van der Waals surface area contributed by atoms with Crippen LogP contribution < -0.4 is 11.1 Å². The van der Waals surface area contributed by atoms with Crippen molar-refractivity contribution in [3.05, 3.63) is 52.9 Å². The van der Waals surface area contributed by atoms with E-state index in [4.69, 9.17) is 10.5 Å². The van der Waals surface area contributed by atoms with Gasteiger partial charge in [0.1, 0.15) is 16.3 Å². The number of primary amides is 1. The number of methoxy groups -OCH3 is 1. The first-order valence-electron chi connectivity index (χ1n) is 11.3. The van der Waals surface area contributed by atoms with Crippen LogP contribution >= 0.6 is 11.3 Å². The standard InChI is InChI=1S/C25H29N5O4S/c1-14-9-15(11-16(10-14)29-23-27-8-6-18(30-23)20(26)31)19-12-28-22(35-19)25(33)7-5-17(21(32)34-4)24(2,3)13-25/h6,8-12,17,33H,5,7,13H2,1-4H3,(H2,26,31)(H,27,29,30)/t17-,25-/m1/s1. The molecular weight excluding hydrogens is 466 g/mol. The molecule has 35 heavy (non-hydrogen) atoms. The fourth-order valence-corrected chi connectivity index (χ4v) is 5.83. The van der Waals surface area contributed by atoms with Crippen LogP contribution in [0.1, 0.15) is 54.2 Å². The van der Waals surface area contributed by atoms with Gasteiger partial charge in [-0.25, -0.2) is 15.0 Å². The number of carbonyl (C=O) groups excluding carboxylic acids is 2. The molecule has 1 aliphatic rings. The summed E-state index contributed by atoms with van der Waals surface area (Å²) in [6.07, 6.45) is 4.63. The average molecular weight is 496 g/mol. The molecular formula is C25H29N5O4S.